The number of carbonyl (C=O) groups is 2. The van der Waals surface area contributed by atoms with E-state index in [4.69, 9.17) is 11.1 Å². The van der Waals surface area contributed by atoms with E-state index in [2.05, 4.69) is 15.6 Å². The molecule has 158 valence electrons. The Hall–Kier alpha value is -3.85. The number of nitrogens with zero attached hydrogens (tertiary/aromatic N) is 1. The summed E-state index contributed by atoms with van der Waals surface area (Å²) in [5.41, 5.74) is 7.73. The standard InChI is InChI=1S/C22H21N5O3S/c23-22(24)27-17-5-1-3-14(11-17)21(30)26-16-6-8-18(9-7-16)31-19(12-20(28)29)15-4-2-10-25-13-15/h1-11,13,19H,12H2,(H,26,30)(H,28,29)(H4,23,24,27). The van der Waals surface area contributed by atoms with Crippen molar-refractivity contribution in [3.8, 4) is 0 Å². The van der Waals surface area contributed by atoms with Crippen molar-refractivity contribution in [1.82, 2.24) is 4.98 Å². The largest absolute Gasteiger partial charge is 0.481 e. The van der Waals surface area contributed by atoms with E-state index in [1.807, 2.05) is 18.2 Å². The van der Waals surface area contributed by atoms with Gasteiger partial charge in [-0.25, -0.2) is 0 Å². The number of hydrogen-bond acceptors (Lipinski definition) is 5. The number of hydrogen-bond donors (Lipinski definition) is 5. The Morgan fingerprint density at radius 2 is 1.84 bits per heavy atom. The fourth-order valence-corrected chi connectivity index (χ4v) is 3.95. The van der Waals surface area contributed by atoms with Gasteiger partial charge in [0.15, 0.2) is 5.96 Å². The molecule has 0 spiro atoms. The van der Waals surface area contributed by atoms with E-state index in [1.54, 1.807) is 54.9 Å². The second kappa shape index (κ2) is 10.3. The number of anilines is 2. The first-order chi connectivity index (χ1) is 14.9. The monoisotopic (exact) mass is 435 g/mol. The van der Waals surface area contributed by atoms with Crippen LogP contribution in [-0.2, 0) is 4.79 Å². The van der Waals surface area contributed by atoms with Crippen LogP contribution in [0.15, 0.2) is 78.0 Å². The molecule has 0 saturated heterocycles. The third-order valence-corrected chi connectivity index (χ3v) is 5.48. The molecule has 6 N–H and O–H groups in total. The summed E-state index contributed by atoms with van der Waals surface area (Å²) in [5.74, 6) is -1.39. The Labute approximate surface area is 183 Å². The lowest BCUT2D eigenvalue weighted by Crippen LogP contribution is -2.20. The Balaban J connectivity index is 1.67. The van der Waals surface area contributed by atoms with E-state index in [0.717, 1.165) is 10.5 Å². The average Bonchev–Trinajstić information content (AvgIpc) is 2.74. The third kappa shape index (κ3) is 6.58. The highest BCUT2D eigenvalue weighted by Gasteiger charge is 2.17. The molecule has 1 unspecified atom stereocenters. The van der Waals surface area contributed by atoms with E-state index in [9.17, 15) is 14.7 Å². The highest BCUT2D eigenvalue weighted by atomic mass is 32.2. The van der Waals surface area contributed by atoms with Gasteiger partial charge in [-0.2, -0.15) is 0 Å². The van der Waals surface area contributed by atoms with Crippen molar-refractivity contribution in [2.24, 2.45) is 5.73 Å². The molecule has 0 aliphatic carbocycles. The summed E-state index contributed by atoms with van der Waals surface area (Å²) >= 11 is 1.43. The van der Waals surface area contributed by atoms with Gasteiger partial charge < -0.3 is 21.5 Å². The van der Waals surface area contributed by atoms with Crippen LogP contribution in [0.3, 0.4) is 0 Å². The molecule has 0 saturated carbocycles. The lowest BCUT2D eigenvalue weighted by atomic mass is 10.1. The topological polar surface area (TPSA) is 141 Å². The maximum Gasteiger partial charge on any atom is 0.304 e. The molecule has 2 aromatic carbocycles. The number of carbonyl (C=O) groups excluding carboxylic acids is 1. The first-order valence-electron chi connectivity index (χ1n) is 9.31. The van der Waals surface area contributed by atoms with E-state index in [-0.39, 0.29) is 23.5 Å². The fourth-order valence-electron chi connectivity index (χ4n) is 2.83. The summed E-state index contributed by atoms with van der Waals surface area (Å²) in [6, 6.07) is 17.5. The van der Waals surface area contributed by atoms with Crippen molar-refractivity contribution in [1.29, 1.82) is 5.41 Å². The predicted molar refractivity (Wildman–Crippen MR) is 121 cm³/mol. The minimum atomic E-state index is -0.883. The zero-order valence-electron chi connectivity index (χ0n) is 16.4. The molecule has 1 atom stereocenters. The zero-order chi connectivity index (χ0) is 22.2. The minimum absolute atomic E-state index is 0.0283. The average molecular weight is 436 g/mol. The van der Waals surface area contributed by atoms with Crippen molar-refractivity contribution < 1.29 is 14.7 Å². The number of pyridine rings is 1. The van der Waals surface area contributed by atoms with Gasteiger partial charge in [-0.15, -0.1) is 11.8 Å². The van der Waals surface area contributed by atoms with Crippen LogP contribution in [0.5, 0.6) is 0 Å². The lowest BCUT2D eigenvalue weighted by Gasteiger charge is -2.15. The molecule has 1 aromatic heterocycles. The second-order valence-electron chi connectivity index (χ2n) is 6.59. The normalized spacial score (nSPS) is 11.4. The van der Waals surface area contributed by atoms with Crippen LogP contribution in [0.2, 0.25) is 0 Å². The summed E-state index contributed by atoms with van der Waals surface area (Å²) in [7, 11) is 0. The number of carboxylic acid groups (broad SMARTS) is 1. The third-order valence-electron chi connectivity index (χ3n) is 4.21. The summed E-state index contributed by atoms with van der Waals surface area (Å²) in [6.07, 6.45) is 3.29. The first-order valence-corrected chi connectivity index (χ1v) is 10.2. The van der Waals surface area contributed by atoms with Gasteiger partial charge in [-0.3, -0.25) is 20.0 Å². The summed E-state index contributed by atoms with van der Waals surface area (Å²) in [6.45, 7) is 0. The van der Waals surface area contributed by atoms with Gasteiger partial charge in [-0.1, -0.05) is 12.1 Å². The van der Waals surface area contributed by atoms with Crippen molar-refractivity contribution in [2.75, 3.05) is 10.6 Å². The molecule has 31 heavy (non-hydrogen) atoms. The van der Waals surface area contributed by atoms with Crippen molar-refractivity contribution in [3.05, 3.63) is 84.2 Å². The molecule has 0 aliphatic rings. The number of nitrogens with one attached hydrogen (secondary N) is 3. The first kappa shape index (κ1) is 21.8. The van der Waals surface area contributed by atoms with Crippen LogP contribution < -0.4 is 16.4 Å². The van der Waals surface area contributed by atoms with Crippen LogP contribution in [0.1, 0.15) is 27.6 Å². The highest BCUT2D eigenvalue weighted by molar-refractivity contribution is 7.99. The zero-order valence-corrected chi connectivity index (χ0v) is 17.2. The van der Waals surface area contributed by atoms with Crippen LogP contribution in [0.4, 0.5) is 11.4 Å². The maximum absolute atomic E-state index is 12.5. The Bertz CT molecular complexity index is 1070. The quantitative estimate of drug-likeness (QED) is 0.205. The molecular formula is C22H21N5O3S. The molecule has 3 rings (SSSR count). The van der Waals surface area contributed by atoms with E-state index >= 15 is 0 Å². The van der Waals surface area contributed by atoms with Gasteiger partial charge in [-0.05, 0) is 54.1 Å². The van der Waals surface area contributed by atoms with Crippen LogP contribution in [0.25, 0.3) is 0 Å². The van der Waals surface area contributed by atoms with E-state index in [0.29, 0.717) is 16.9 Å². The molecule has 0 radical (unpaired) electrons. The molecule has 1 amide bonds. The molecule has 0 fully saturated rings. The predicted octanol–water partition coefficient (Wildman–Crippen LogP) is 3.95. The Morgan fingerprint density at radius 1 is 1.06 bits per heavy atom. The number of aliphatic carboxylic acids is 1. The number of amides is 1. The number of nitrogens with two attached hydrogens (primary N) is 1. The number of benzene rings is 2. The summed E-state index contributed by atoms with van der Waals surface area (Å²) in [4.78, 5) is 28.7. The minimum Gasteiger partial charge on any atom is -0.481 e. The second-order valence-corrected chi connectivity index (χ2v) is 7.86. The van der Waals surface area contributed by atoms with E-state index in [1.165, 1.54) is 11.8 Å². The molecule has 0 bridgehead atoms. The molecule has 0 aliphatic heterocycles. The lowest BCUT2D eigenvalue weighted by molar-refractivity contribution is -0.137. The number of guanidine groups is 1. The van der Waals surface area contributed by atoms with Crippen molar-refractivity contribution in [2.45, 2.75) is 16.6 Å². The molecule has 8 nitrogen and oxygen atoms in total. The summed E-state index contributed by atoms with van der Waals surface area (Å²) < 4.78 is 0. The van der Waals surface area contributed by atoms with E-state index < -0.39 is 5.97 Å². The van der Waals surface area contributed by atoms with Gasteiger partial charge in [0, 0.05) is 39.5 Å². The molecule has 9 heteroatoms. The number of thioether (sulfide) groups is 1. The summed E-state index contributed by atoms with van der Waals surface area (Å²) in [5, 5.41) is 21.7. The number of rotatable bonds is 8. The van der Waals surface area contributed by atoms with Gasteiger partial charge in [0.2, 0.25) is 0 Å². The Morgan fingerprint density at radius 3 is 2.48 bits per heavy atom. The van der Waals surface area contributed by atoms with Crippen LogP contribution in [-0.4, -0.2) is 27.9 Å². The van der Waals surface area contributed by atoms with Crippen LogP contribution in [0, 0.1) is 5.41 Å². The molecule has 1 heterocycles. The van der Waals surface area contributed by atoms with Crippen molar-refractivity contribution in [3.63, 3.8) is 0 Å². The SMILES string of the molecule is N=C(N)Nc1cccc(C(=O)Nc2ccc(SC(CC(=O)O)c3cccnc3)cc2)c1. The highest BCUT2D eigenvalue weighted by Crippen LogP contribution is 2.37. The van der Waals surface area contributed by atoms with Gasteiger partial charge in [0.25, 0.3) is 5.91 Å². The molecule has 3 aromatic rings. The number of carboxylic acids is 1. The van der Waals surface area contributed by atoms with Gasteiger partial charge >= 0.3 is 5.97 Å². The smallest absolute Gasteiger partial charge is 0.304 e. The van der Waals surface area contributed by atoms with Crippen LogP contribution >= 0.6 is 11.8 Å². The number of aromatic nitrogens is 1. The maximum atomic E-state index is 12.5. The fraction of sp³-hybridized carbons (Fsp3) is 0.0909. The van der Waals surface area contributed by atoms with Gasteiger partial charge in [0.05, 0.1) is 6.42 Å². The van der Waals surface area contributed by atoms with Gasteiger partial charge in [0.1, 0.15) is 0 Å². The Kier molecular flexibility index (Phi) is 7.23. The molecular weight excluding hydrogens is 414 g/mol. The van der Waals surface area contributed by atoms with Crippen molar-refractivity contribution >= 4 is 41.0 Å².